The Hall–Kier alpha value is -3.06. The van der Waals surface area contributed by atoms with E-state index in [1.54, 1.807) is 42.5 Å². The van der Waals surface area contributed by atoms with Crippen molar-refractivity contribution in [2.75, 3.05) is 17.7 Å². The lowest BCUT2D eigenvalue weighted by Crippen LogP contribution is -2.22. The average molecular weight is 390 g/mol. The summed E-state index contributed by atoms with van der Waals surface area (Å²) in [4.78, 5) is 35.0. The zero-order valence-electron chi connectivity index (χ0n) is 14.6. The smallest absolute Gasteiger partial charge is 0.257 e. The first-order valence-corrected chi connectivity index (χ1v) is 8.52. The van der Waals surface area contributed by atoms with Crippen molar-refractivity contribution < 1.29 is 24.2 Å². The lowest BCUT2D eigenvalue weighted by Gasteiger charge is -2.13. The number of rotatable bonds is 8. The van der Waals surface area contributed by atoms with Crippen LogP contribution < -0.4 is 20.5 Å². The van der Waals surface area contributed by atoms with Crippen LogP contribution >= 0.6 is 11.6 Å². The van der Waals surface area contributed by atoms with Crippen LogP contribution in [0.3, 0.4) is 0 Å². The summed E-state index contributed by atoms with van der Waals surface area (Å²) < 4.78 is 5.20. The Labute approximate surface area is 161 Å². The number of aliphatic carboxylic acids is 1. The van der Waals surface area contributed by atoms with Crippen molar-refractivity contribution >= 4 is 40.8 Å². The van der Waals surface area contributed by atoms with Crippen molar-refractivity contribution in [3.05, 3.63) is 53.1 Å². The number of halogens is 1. The first-order chi connectivity index (χ1) is 12.9. The van der Waals surface area contributed by atoms with Crippen LogP contribution in [0.5, 0.6) is 5.75 Å². The second-order valence-corrected chi connectivity index (χ2v) is 6.05. The van der Waals surface area contributed by atoms with Crippen LogP contribution in [0.25, 0.3) is 0 Å². The van der Waals surface area contributed by atoms with Crippen LogP contribution in [0.15, 0.2) is 42.5 Å². The summed E-state index contributed by atoms with van der Waals surface area (Å²) in [6.45, 7) is 0. The molecule has 2 amide bonds. The maximum Gasteiger partial charge on any atom is 0.257 e. The number of amides is 2. The van der Waals surface area contributed by atoms with Crippen molar-refractivity contribution in [2.45, 2.75) is 19.3 Å². The molecule has 0 aliphatic heterocycles. The van der Waals surface area contributed by atoms with Gasteiger partial charge in [-0.25, -0.2) is 0 Å². The minimum Gasteiger partial charge on any atom is -0.550 e. The molecule has 0 atom stereocenters. The minimum atomic E-state index is -1.21. The van der Waals surface area contributed by atoms with Gasteiger partial charge in [0.1, 0.15) is 5.75 Å². The highest BCUT2D eigenvalue weighted by Crippen LogP contribution is 2.28. The highest BCUT2D eigenvalue weighted by molar-refractivity contribution is 6.31. The molecule has 0 unspecified atom stereocenters. The molecule has 7 nitrogen and oxygen atoms in total. The first-order valence-electron chi connectivity index (χ1n) is 8.14. The number of carboxylic acid groups (broad SMARTS) is 1. The minimum absolute atomic E-state index is 0.00600. The predicted octanol–water partition coefficient (Wildman–Crippen LogP) is 2.46. The molecule has 0 heterocycles. The van der Waals surface area contributed by atoms with Crippen molar-refractivity contribution in [2.24, 2.45) is 0 Å². The first kappa shape index (κ1) is 20.3. The summed E-state index contributed by atoms with van der Waals surface area (Å²) in [7, 11) is 1.47. The molecule has 0 radical (unpaired) electrons. The summed E-state index contributed by atoms with van der Waals surface area (Å²) in [6.07, 6.45) is -0.0432. The molecule has 0 saturated carbocycles. The van der Waals surface area contributed by atoms with Crippen molar-refractivity contribution in [1.82, 2.24) is 0 Å². The van der Waals surface area contributed by atoms with E-state index in [0.717, 1.165) is 0 Å². The fourth-order valence-corrected chi connectivity index (χ4v) is 2.54. The molecule has 142 valence electrons. The molecule has 2 rings (SSSR count). The number of hydrogen-bond donors (Lipinski definition) is 2. The molecule has 0 fully saturated rings. The zero-order valence-corrected chi connectivity index (χ0v) is 15.3. The number of anilines is 2. The number of carboxylic acids is 1. The van der Waals surface area contributed by atoms with E-state index in [-0.39, 0.29) is 24.8 Å². The number of benzene rings is 2. The van der Waals surface area contributed by atoms with Crippen molar-refractivity contribution in [3.8, 4) is 5.75 Å². The molecule has 0 bridgehead atoms. The molecule has 2 N–H and O–H groups in total. The van der Waals surface area contributed by atoms with Gasteiger partial charge in [-0.3, -0.25) is 9.59 Å². The Balaban J connectivity index is 2.12. The van der Waals surface area contributed by atoms with Gasteiger partial charge in [-0.2, -0.15) is 0 Å². The fraction of sp³-hybridized carbons (Fsp3) is 0.211. The van der Waals surface area contributed by atoms with E-state index < -0.39 is 17.8 Å². The van der Waals surface area contributed by atoms with E-state index in [1.165, 1.54) is 7.11 Å². The quantitative estimate of drug-likeness (QED) is 0.721. The van der Waals surface area contributed by atoms with E-state index in [0.29, 0.717) is 22.1 Å². The molecule has 0 saturated heterocycles. The molecule has 0 aliphatic rings. The van der Waals surface area contributed by atoms with Gasteiger partial charge in [0, 0.05) is 17.4 Å². The summed E-state index contributed by atoms with van der Waals surface area (Å²) >= 11 is 5.96. The Kier molecular flexibility index (Phi) is 7.19. The van der Waals surface area contributed by atoms with Crippen LogP contribution in [0.2, 0.25) is 5.02 Å². The van der Waals surface area contributed by atoms with Crippen molar-refractivity contribution in [3.63, 3.8) is 0 Å². The standard InChI is InChI=1S/C19H19ClN2O5/c1-27-16-10-9-12(20)11-15(16)22-19(26)13-5-2-3-6-14(13)21-17(23)7-4-8-18(24)25/h2-3,5-6,9-11H,4,7-8H2,1H3,(H,21,23)(H,22,26)(H,24,25)/p-1. The van der Waals surface area contributed by atoms with E-state index in [1.807, 2.05) is 0 Å². The van der Waals surface area contributed by atoms with Gasteiger partial charge in [0.2, 0.25) is 5.91 Å². The van der Waals surface area contributed by atoms with Crippen LogP contribution in [0.4, 0.5) is 11.4 Å². The molecule has 0 aliphatic carbocycles. The Morgan fingerprint density at radius 3 is 2.48 bits per heavy atom. The van der Waals surface area contributed by atoms with E-state index in [4.69, 9.17) is 16.3 Å². The molecular formula is C19H18ClN2O5-. The molecule has 8 heteroatoms. The fourth-order valence-electron chi connectivity index (χ4n) is 2.36. The van der Waals surface area contributed by atoms with Crippen LogP contribution in [0, 0.1) is 0 Å². The topological polar surface area (TPSA) is 108 Å². The third-order valence-corrected chi connectivity index (χ3v) is 3.88. The van der Waals surface area contributed by atoms with Crippen LogP contribution in [-0.2, 0) is 9.59 Å². The number of nitrogens with one attached hydrogen (secondary N) is 2. The predicted molar refractivity (Wildman–Crippen MR) is 99.9 cm³/mol. The molecular weight excluding hydrogens is 372 g/mol. The second kappa shape index (κ2) is 9.59. The molecule has 2 aromatic rings. The molecule has 0 spiro atoms. The monoisotopic (exact) mass is 389 g/mol. The number of para-hydroxylation sites is 1. The van der Waals surface area contributed by atoms with Gasteiger partial charge in [0.25, 0.3) is 5.91 Å². The summed E-state index contributed by atoms with van der Waals surface area (Å²) in [5.41, 5.74) is 0.951. The third-order valence-electron chi connectivity index (χ3n) is 3.64. The lowest BCUT2D eigenvalue weighted by atomic mass is 10.1. The van der Waals surface area contributed by atoms with Gasteiger partial charge >= 0.3 is 0 Å². The summed E-state index contributed by atoms with van der Waals surface area (Å²) in [5, 5.41) is 16.2. The number of methoxy groups -OCH3 is 1. The molecule has 2 aromatic carbocycles. The van der Waals surface area contributed by atoms with Gasteiger partial charge in [0.15, 0.2) is 0 Å². The normalized spacial score (nSPS) is 10.1. The molecule has 27 heavy (non-hydrogen) atoms. The number of carbonyl (C=O) groups excluding carboxylic acids is 3. The largest absolute Gasteiger partial charge is 0.550 e. The van der Waals surface area contributed by atoms with Crippen molar-refractivity contribution in [1.29, 1.82) is 0 Å². The van der Waals surface area contributed by atoms with E-state index >= 15 is 0 Å². The zero-order chi connectivity index (χ0) is 19.8. The maximum atomic E-state index is 12.7. The van der Waals surface area contributed by atoms with E-state index in [9.17, 15) is 19.5 Å². The second-order valence-electron chi connectivity index (χ2n) is 5.62. The Bertz CT molecular complexity index is 854. The van der Waals surface area contributed by atoms with Crippen LogP contribution in [-0.4, -0.2) is 24.9 Å². The summed E-state index contributed by atoms with van der Waals surface area (Å²) in [5.74, 6) is -1.62. The number of ether oxygens (including phenoxy) is 1. The SMILES string of the molecule is COc1ccc(Cl)cc1NC(=O)c1ccccc1NC(=O)CCCC(=O)[O-]. The van der Waals surface area contributed by atoms with Gasteiger partial charge in [-0.15, -0.1) is 0 Å². The maximum absolute atomic E-state index is 12.7. The number of hydrogen-bond acceptors (Lipinski definition) is 5. The highest BCUT2D eigenvalue weighted by atomic mass is 35.5. The molecule has 0 aromatic heterocycles. The summed E-state index contributed by atoms with van der Waals surface area (Å²) in [6, 6.07) is 11.3. The van der Waals surface area contributed by atoms with Crippen LogP contribution in [0.1, 0.15) is 29.6 Å². The van der Waals surface area contributed by atoms with Gasteiger partial charge < -0.3 is 25.3 Å². The Morgan fingerprint density at radius 1 is 1.04 bits per heavy atom. The van der Waals surface area contributed by atoms with E-state index in [2.05, 4.69) is 10.6 Å². The lowest BCUT2D eigenvalue weighted by molar-refractivity contribution is -0.305. The van der Waals surface area contributed by atoms with Gasteiger partial charge in [-0.1, -0.05) is 23.7 Å². The third kappa shape index (κ3) is 6.00. The Morgan fingerprint density at radius 2 is 1.78 bits per heavy atom. The van der Waals surface area contributed by atoms with Gasteiger partial charge in [-0.05, 0) is 43.2 Å². The van der Waals surface area contributed by atoms with Gasteiger partial charge in [0.05, 0.1) is 24.0 Å². The number of carbonyl (C=O) groups is 3. The highest BCUT2D eigenvalue weighted by Gasteiger charge is 2.15. The average Bonchev–Trinajstić information content (AvgIpc) is 2.62.